The van der Waals surface area contributed by atoms with Gasteiger partial charge in [-0.1, -0.05) is 81.7 Å². The van der Waals surface area contributed by atoms with Crippen molar-refractivity contribution in [1.29, 1.82) is 0 Å². The molecular weight excluding hydrogens is 548 g/mol. The predicted molar refractivity (Wildman–Crippen MR) is 154 cm³/mol. The number of hydrogen-bond acceptors (Lipinski definition) is 2. The maximum atomic E-state index is 3.98. The molecule has 166 valence electrons. The summed E-state index contributed by atoms with van der Waals surface area (Å²) in [5.41, 5.74) is 6.66. The summed E-state index contributed by atoms with van der Waals surface area (Å²) in [5.74, 6) is 0. The van der Waals surface area contributed by atoms with Gasteiger partial charge in [0.1, 0.15) is 0 Å². The van der Waals surface area contributed by atoms with E-state index in [4.69, 9.17) is 0 Å². The third-order valence-corrected chi connectivity index (χ3v) is 7.99. The van der Waals surface area contributed by atoms with Gasteiger partial charge in [0, 0.05) is 26.6 Å². The fourth-order valence-electron chi connectivity index (χ4n) is 4.69. The molecule has 0 bridgehead atoms. The average molecular weight is 570 g/mol. The molecule has 0 atom stereocenters. The first-order valence-electron chi connectivity index (χ1n) is 11.3. The normalized spacial score (nSPS) is 11.5. The van der Waals surface area contributed by atoms with Crippen molar-refractivity contribution in [1.82, 2.24) is 0 Å². The topological polar surface area (TPSA) is 24.1 Å². The molecule has 0 heterocycles. The molecule has 0 saturated heterocycles. The Morgan fingerprint density at radius 1 is 0.500 bits per heavy atom. The lowest BCUT2D eigenvalue weighted by molar-refractivity contribution is 1.44. The van der Waals surface area contributed by atoms with Gasteiger partial charge in [-0.2, -0.15) is 0 Å². The summed E-state index contributed by atoms with van der Waals surface area (Å²) >= 11 is 7.74. The number of anilines is 4. The molecule has 2 N–H and O–H groups in total. The Bertz CT molecular complexity index is 1670. The van der Waals surface area contributed by atoms with E-state index in [1.54, 1.807) is 0 Å². The van der Waals surface area contributed by atoms with E-state index in [2.05, 4.69) is 141 Å². The number of rotatable bonds is 4. The maximum absolute atomic E-state index is 3.98. The average Bonchev–Trinajstić information content (AvgIpc) is 2.85. The summed E-state index contributed by atoms with van der Waals surface area (Å²) in [6.45, 7) is 4.22. The van der Waals surface area contributed by atoms with Crippen molar-refractivity contribution in [3.05, 3.63) is 105 Å². The number of aryl methyl sites for hydroxylation is 2. The van der Waals surface area contributed by atoms with Crippen LogP contribution in [0.3, 0.4) is 0 Å². The summed E-state index contributed by atoms with van der Waals surface area (Å²) in [7, 11) is 0. The van der Waals surface area contributed by atoms with Crippen molar-refractivity contribution in [3.63, 3.8) is 0 Å². The largest absolute Gasteiger partial charge is 0.353 e. The summed E-state index contributed by atoms with van der Waals surface area (Å²) in [5, 5.41) is 14.8. The zero-order valence-corrected chi connectivity index (χ0v) is 22.0. The molecule has 0 aliphatic carbocycles. The van der Waals surface area contributed by atoms with Crippen LogP contribution in [0.1, 0.15) is 11.1 Å². The third-order valence-electron chi connectivity index (χ3n) is 6.48. The van der Waals surface area contributed by atoms with Crippen LogP contribution in [0.15, 0.2) is 93.9 Å². The minimum atomic E-state index is 1.02. The van der Waals surface area contributed by atoms with Crippen LogP contribution >= 0.6 is 31.9 Å². The molecular formula is C30H22Br2N2. The Kier molecular flexibility index (Phi) is 5.23. The second kappa shape index (κ2) is 8.30. The molecule has 34 heavy (non-hydrogen) atoms. The second-order valence-corrected chi connectivity index (χ2v) is 10.5. The summed E-state index contributed by atoms with van der Waals surface area (Å²) in [6.07, 6.45) is 0. The first kappa shape index (κ1) is 21.5. The van der Waals surface area contributed by atoms with E-state index in [0.29, 0.717) is 0 Å². The molecule has 0 aliphatic rings. The van der Waals surface area contributed by atoms with E-state index in [1.165, 1.54) is 43.4 Å². The first-order valence-corrected chi connectivity index (χ1v) is 12.8. The van der Waals surface area contributed by atoms with Crippen molar-refractivity contribution in [3.8, 4) is 0 Å². The van der Waals surface area contributed by atoms with Crippen LogP contribution in [0.4, 0.5) is 22.7 Å². The number of hydrogen-bond donors (Lipinski definition) is 2. The Morgan fingerprint density at radius 2 is 1.03 bits per heavy atom. The van der Waals surface area contributed by atoms with Gasteiger partial charge in [0.15, 0.2) is 0 Å². The standard InChI is InChI=1S/C30H22Br2N2/c1-17-3-9-20(10-4-17)33-29-24-15-14-22-25(31)16-8-19-7-13-23(27(24)26(19)22)28(32)30(29)34-21-11-5-18(2)6-12-21/h3-16,33-34H,1-2H3. The van der Waals surface area contributed by atoms with Crippen molar-refractivity contribution >= 4 is 86.9 Å². The molecule has 0 saturated carbocycles. The maximum Gasteiger partial charge on any atom is 0.0780 e. The van der Waals surface area contributed by atoms with Gasteiger partial charge in [0.25, 0.3) is 0 Å². The Morgan fingerprint density at radius 3 is 1.68 bits per heavy atom. The Balaban J connectivity index is 1.67. The fraction of sp³-hybridized carbons (Fsp3) is 0.0667. The van der Waals surface area contributed by atoms with Gasteiger partial charge in [0.2, 0.25) is 0 Å². The van der Waals surface area contributed by atoms with Gasteiger partial charge in [-0.25, -0.2) is 0 Å². The van der Waals surface area contributed by atoms with Crippen molar-refractivity contribution in [2.45, 2.75) is 13.8 Å². The van der Waals surface area contributed by atoms with E-state index in [9.17, 15) is 0 Å². The quantitative estimate of drug-likeness (QED) is 0.206. The van der Waals surface area contributed by atoms with Gasteiger partial charge in [0.05, 0.1) is 15.8 Å². The van der Waals surface area contributed by atoms with Crippen molar-refractivity contribution in [2.75, 3.05) is 10.6 Å². The molecule has 2 nitrogen and oxygen atoms in total. The van der Waals surface area contributed by atoms with Crippen LogP contribution in [0.5, 0.6) is 0 Å². The van der Waals surface area contributed by atoms with Gasteiger partial charge < -0.3 is 10.6 Å². The van der Waals surface area contributed by atoms with E-state index in [-0.39, 0.29) is 0 Å². The molecule has 6 rings (SSSR count). The van der Waals surface area contributed by atoms with Crippen LogP contribution in [-0.2, 0) is 0 Å². The molecule has 0 unspecified atom stereocenters. The molecule has 6 aromatic carbocycles. The minimum absolute atomic E-state index is 1.02. The fourth-order valence-corrected chi connectivity index (χ4v) is 5.78. The predicted octanol–water partition coefficient (Wildman–Crippen LogP) is 10.2. The Labute approximate surface area is 215 Å². The SMILES string of the molecule is Cc1ccc(Nc2c(Br)c3ccc4ccc(Br)c5ccc(c2Nc2ccc(C)cc2)c3c45)cc1. The zero-order chi connectivity index (χ0) is 23.4. The highest BCUT2D eigenvalue weighted by molar-refractivity contribution is 9.11. The molecule has 0 aromatic heterocycles. The molecule has 0 spiro atoms. The van der Waals surface area contributed by atoms with E-state index in [1.807, 2.05) is 0 Å². The van der Waals surface area contributed by atoms with Crippen molar-refractivity contribution in [2.24, 2.45) is 0 Å². The van der Waals surface area contributed by atoms with Crippen LogP contribution in [0.25, 0.3) is 32.3 Å². The van der Waals surface area contributed by atoms with E-state index >= 15 is 0 Å². The summed E-state index contributed by atoms with van der Waals surface area (Å²) in [6, 6.07) is 30.3. The lowest BCUT2D eigenvalue weighted by Crippen LogP contribution is -2.01. The van der Waals surface area contributed by atoms with Crippen LogP contribution in [0, 0.1) is 13.8 Å². The summed E-state index contributed by atoms with van der Waals surface area (Å²) < 4.78 is 2.16. The molecule has 0 radical (unpaired) electrons. The van der Waals surface area contributed by atoms with E-state index < -0.39 is 0 Å². The molecule has 0 amide bonds. The van der Waals surface area contributed by atoms with Crippen LogP contribution in [-0.4, -0.2) is 0 Å². The first-order chi connectivity index (χ1) is 16.5. The van der Waals surface area contributed by atoms with Gasteiger partial charge >= 0.3 is 0 Å². The zero-order valence-electron chi connectivity index (χ0n) is 18.8. The molecule has 0 fully saturated rings. The second-order valence-electron chi connectivity index (χ2n) is 8.84. The highest BCUT2D eigenvalue weighted by Gasteiger charge is 2.20. The molecule has 6 aromatic rings. The van der Waals surface area contributed by atoms with Gasteiger partial charge in [-0.15, -0.1) is 0 Å². The Hall–Kier alpha value is -3.08. The van der Waals surface area contributed by atoms with Gasteiger partial charge in [-0.3, -0.25) is 0 Å². The molecule has 4 heteroatoms. The van der Waals surface area contributed by atoms with Crippen molar-refractivity contribution < 1.29 is 0 Å². The highest BCUT2D eigenvalue weighted by atomic mass is 79.9. The number of benzene rings is 6. The highest BCUT2D eigenvalue weighted by Crippen LogP contribution is 2.49. The third kappa shape index (κ3) is 3.53. The minimum Gasteiger partial charge on any atom is -0.353 e. The smallest absolute Gasteiger partial charge is 0.0780 e. The lowest BCUT2D eigenvalue weighted by Gasteiger charge is -2.22. The lowest BCUT2D eigenvalue weighted by atomic mass is 9.92. The number of halogens is 2. The monoisotopic (exact) mass is 568 g/mol. The molecule has 0 aliphatic heterocycles. The van der Waals surface area contributed by atoms with Crippen LogP contribution in [0.2, 0.25) is 0 Å². The van der Waals surface area contributed by atoms with Crippen LogP contribution < -0.4 is 10.6 Å². The summed E-state index contributed by atoms with van der Waals surface area (Å²) in [4.78, 5) is 0. The van der Waals surface area contributed by atoms with E-state index in [0.717, 1.165) is 31.7 Å². The number of nitrogens with one attached hydrogen (secondary N) is 2. The van der Waals surface area contributed by atoms with Gasteiger partial charge in [-0.05, 0) is 81.7 Å².